The third kappa shape index (κ3) is 6.46. The molecular weight excluding hydrogens is 288 g/mol. The number of hydrogen-bond donors (Lipinski definition) is 2. The fourth-order valence-corrected chi connectivity index (χ4v) is 2.41. The largest absolute Gasteiger partial charge is 0.367 e. The first kappa shape index (κ1) is 18.0. The van der Waals surface area contributed by atoms with Gasteiger partial charge in [0, 0.05) is 6.54 Å². The standard InChI is InChI=1S/C16H24N2O2.ClH/c1-16(7-9-17-10-8-16)13-18-15(19)12-20-11-14-5-3-2-4-6-14;/h2-6,17H,7-13H2,1H3,(H,18,19);1H. The molecule has 1 heterocycles. The highest BCUT2D eigenvalue weighted by molar-refractivity contribution is 5.85. The summed E-state index contributed by atoms with van der Waals surface area (Å²) in [5.41, 5.74) is 1.31. The van der Waals surface area contributed by atoms with Gasteiger partial charge in [-0.2, -0.15) is 0 Å². The zero-order valence-corrected chi connectivity index (χ0v) is 13.4. The Morgan fingerprint density at radius 3 is 2.62 bits per heavy atom. The predicted octanol–water partition coefficient (Wildman–Crippen LogP) is 2.13. The van der Waals surface area contributed by atoms with Crippen molar-refractivity contribution < 1.29 is 9.53 Å². The van der Waals surface area contributed by atoms with E-state index >= 15 is 0 Å². The number of rotatable bonds is 6. The van der Waals surface area contributed by atoms with Crippen molar-refractivity contribution in [2.24, 2.45) is 5.41 Å². The maximum atomic E-state index is 11.8. The van der Waals surface area contributed by atoms with E-state index in [1.165, 1.54) is 0 Å². The lowest BCUT2D eigenvalue weighted by atomic mass is 9.81. The van der Waals surface area contributed by atoms with E-state index in [0.717, 1.165) is 38.0 Å². The lowest BCUT2D eigenvalue weighted by Gasteiger charge is -2.34. The summed E-state index contributed by atoms with van der Waals surface area (Å²) in [6, 6.07) is 9.89. The number of carbonyl (C=O) groups excluding carboxylic acids is 1. The summed E-state index contributed by atoms with van der Waals surface area (Å²) in [5.74, 6) is -0.0271. The first-order valence-corrected chi connectivity index (χ1v) is 7.27. The molecule has 0 unspecified atom stereocenters. The van der Waals surface area contributed by atoms with Crippen LogP contribution in [0.2, 0.25) is 0 Å². The van der Waals surface area contributed by atoms with Crippen LogP contribution in [0.4, 0.5) is 0 Å². The van der Waals surface area contributed by atoms with Crippen molar-refractivity contribution in [3.63, 3.8) is 0 Å². The highest BCUT2D eigenvalue weighted by Gasteiger charge is 2.26. The van der Waals surface area contributed by atoms with E-state index in [-0.39, 0.29) is 30.3 Å². The van der Waals surface area contributed by atoms with Crippen LogP contribution in [0.15, 0.2) is 30.3 Å². The summed E-state index contributed by atoms with van der Waals surface area (Å²) in [6.45, 7) is 5.66. The second-order valence-corrected chi connectivity index (χ2v) is 5.82. The molecule has 118 valence electrons. The van der Waals surface area contributed by atoms with Crippen molar-refractivity contribution in [3.8, 4) is 0 Å². The number of halogens is 1. The fourth-order valence-electron chi connectivity index (χ4n) is 2.41. The molecule has 0 atom stereocenters. The Labute approximate surface area is 133 Å². The minimum absolute atomic E-state index is 0. The third-order valence-corrected chi connectivity index (χ3v) is 3.87. The Morgan fingerprint density at radius 2 is 1.95 bits per heavy atom. The zero-order valence-electron chi connectivity index (χ0n) is 12.6. The van der Waals surface area contributed by atoms with Gasteiger partial charge in [0.1, 0.15) is 6.61 Å². The molecule has 1 saturated heterocycles. The molecule has 5 heteroatoms. The quantitative estimate of drug-likeness (QED) is 0.846. The van der Waals surface area contributed by atoms with Crippen LogP contribution in [0.1, 0.15) is 25.3 Å². The monoisotopic (exact) mass is 312 g/mol. The average Bonchev–Trinajstić information content (AvgIpc) is 2.47. The van der Waals surface area contributed by atoms with Crippen molar-refractivity contribution in [3.05, 3.63) is 35.9 Å². The summed E-state index contributed by atoms with van der Waals surface area (Å²) < 4.78 is 5.43. The maximum absolute atomic E-state index is 11.8. The van der Waals surface area contributed by atoms with E-state index in [1.54, 1.807) is 0 Å². The first-order valence-electron chi connectivity index (χ1n) is 7.27. The molecular formula is C16H25ClN2O2. The highest BCUT2D eigenvalue weighted by atomic mass is 35.5. The molecule has 1 fully saturated rings. The molecule has 2 rings (SSSR count). The number of piperidine rings is 1. The van der Waals surface area contributed by atoms with Crippen molar-refractivity contribution >= 4 is 18.3 Å². The fraction of sp³-hybridized carbons (Fsp3) is 0.562. The van der Waals surface area contributed by atoms with Gasteiger partial charge in [-0.1, -0.05) is 37.3 Å². The Morgan fingerprint density at radius 1 is 1.29 bits per heavy atom. The Kier molecular flexibility index (Phi) is 7.72. The molecule has 1 aromatic rings. The molecule has 1 aromatic carbocycles. The number of carbonyl (C=O) groups is 1. The molecule has 2 N–H and O–H groups in total. The van der Waals surface area contributed by atoms with Crippen LogP contribution in [0, 0.1) is 5.41 Å². The molecule has 4 nitrogen and oxygen atoms in total. The minimum Gasteiger partial charge on any atom is -0.367 e. The topological polar surface area (TPSA) is 50.4 Å². The van der Waals surface area contributed by atoms with Crippen LogP contribution >= 0.6 is 12.4 Å². The summed E-state index contributed by atoms with van der Waals surface area (Å²) in [5, 5.41) is 6.33. The molecule has 1 aliphatic rings. The molecule has 0 aliphatic carbocycles. The predicted molar refractivity (Wildman–Crippen MR) is 86.6 cm³/mol. The molecule has 0 bridgehead atoms. The molecule has 1 amide bonds. The van der Waals surface area contributed by atoms with Gasteiger partial charge in [-0.15, -0.1) is 12.4 Å². The average molecular weight is 313 g/mol. The minimum atomic E-state index is -0.0271. The second kappa shape index (κ2) is 9.03. The van der Waals surface area contributed by atoms with Crippen LogP contribution in [0.3, 0.4) is 0 Å². The van der Waals surface area contributed by atoms with Crippen molar-refractivity contribution in [2.75, 3.05) is 26.2 Å². The van der Waals surface area contributed by atoms with Gasteiger partial charge in [0.25, 0.3) is 0 Å². The van der Waals surface area contributed by atoms with Gasteiger partial charge in [0.15, 0.2) is 0 Å². The molecule has 1 aliphatic heterocycles. The summed E-state index contributed by atoms with van der Waals surface area (Å²) in [6.07, 6.45) is 2.22. The zero-order chi connectivity index (χ0) is 14.3. The smallest absolute Gasteiger partial charge is 0.246 e. The van der Waals surface area contributed by atoms with E-state index in [1.807, 2.05) is 30.3 Å². The number of ether oxygens (including phenoxy) is 1. The number of hydrogen-bond acceptors (Lipinski definition) is 3. The molecule has 0 aromatic heterocycles. The van der Waals surface area contributed by atoms with Gasteiger partial charge in [-0.25, -0.2) is 0 Å². The summed E-state index contributed by atoms with van der Waals surface area (Å²) in [4.78, 5) is 11.8. The van der Waals surface area contributed by atoms with Crippen LogP contribution in [-0.2, 0) is 16.1 Å². The number of amides is 1. The van der Waals surface area contributed by atoms with Crippen LogP contribution in [0.25, 0.3) is 0 Å². The van der Waals surface area contributed by atoms with Gasteiger partial charge in [-0.3, -0.25) is 4.79 Å². The van der Waals surface area contributed by atoms with Crippen molar-refractivity contribution in [2.45, 2.75) is 26.4 Å². The summed E-state index contributed by atoms with van der Waals surface area (Å²) in [7, 11) is 0. The van der Waals surface area contributed by atoms with E-state index in [9.17, 15) is 4.79 Å². The SMILES string of the molecule is CC1(CNC(=O)COCc2ccccc2)CCNCC1.Cl. The number of benzene rings is 1. The van der Waals surface area contributed by atoms with Gasteiger partial charge < -0.3 is 15.4 Å². The maximum Gasteiger partial charge on any atom is 0.246 e. The molecule has 21 heavy (non-hydrogen) atoms. The lowest BCUT2D eigenvalue weighted by Crippen LogP contribution is -2.43. The van der Waals surface area contributed by atoms with Crippen LogP contribution in [-0.4, -0.2) is 32.1 Å². The van der Waals surface area contributed by atoms with Crippen LogP contribution in [0.5, 0.6) is 0 Å². The highest BCUT2D eigenvalue weighted by Crippen LogP contribution is 2.26. The van der Waals surface area contributed by atoms with Crippen LogP contribution < -0.4 is 10.6 Å². The molecule has 0 saturated carbocycles. The Balaban J connectivity index is 0.00000220. The second-order valence-electron chi connectivity index (χ2n) is 5.82. The first-order chi connectivity index (χ1) is 9.68. The van der Waals surface area contributed by atoms with Gasteiger partial charge in [-0.05, 0) is 36.9 Å². The number of nitrogens with one attached hydrogen (secondary N) is 2. The lowest BCUT2D eigenvalue weighted by molar-refractivity contribution is -0.126. The van der Waals surface area contributed by atoms with Gasteiger partial charge in [0.2, 0.25) is 5.91 Å². The van der Waals surface area contributed by atoms with E-state index in [2.05, 4.69) is 17.6 Å². The Hall–Kier alpha value is -1.10. The van der Waals surface area contributed by atoms with Gasteiger partial charge >= 0.3 is 0 Å². The van der Waals surface area contributed by atoms with Crippen molar-refractivity contribution in [1.29, 1.82) is 0 Å². The normalized spacial score (nSPS) is 16.8. The third-order valence-electron chi connectivity index (χ3n) is 3.87. The van der Waals surface area contributed by atoms with Gasteiger partial charge in [0.05, 0.1) is 6.61 Å². The molecule has 0 radical (unpaired) electrons. The molecule has 0 spiro atoms. The Bertz CT molecular complexity index is 420. The van der Waals surface area contributed by atoms with E-state index in [0.29, 0.717) is 6.61 Å². The van der Waals surface area contributed by atoms with Crippen molar-refractivity contribution in [1.82, 2.24) is 10.6 Å². The van der Waals surface area contributed by atoms with E-state index < -0.39 is 0 Å². The van der Waals surface area contributed by atoms with E-state index in [4.69, 9.17) is 4.74 Å². The summed E-state index contributed by atoms with van der Waals surface area (Å²) >= 11 is 0.